The van der Waals surface area contributed by atoms with E-state index in [0.29, 0.717) is 39.3 Å². The topological polar surface area (TPSA) is 41.6 Å². The molecular weight excluding hydrogens is 199 g/mol. The fraction of sp³-hybridized carbons (Fsp3) is 0.900. The number of nitrogens with zero attached hydrogens (tertiary/aromatic N) is 1. The maximum Gasteiger partial charge on any atom is 0.239 e. The molecule has 1 aliphatic heterocycles. The van der Waals surface area contributed by atoms with E-state index in [1.165, 1.54) is 0 Å². The number of rotatable bonds is 5. The average Bonchev–Trinajstić information content (AvgIpc) is 2.29. The van der Waals surface area contributed by atoms with E-state index in [4.69, 9.17) is 4.74 Å². The van der Waals surface area contributed by atoms with Gasteiger partial charge < -0.3 is 15.0 Å². The second-order valence-corrected chi connectivity index (χ2v) is 3.66. The molecule has 0 aromatic rings. The number of amides is 1. The SMILES string of the molecule is CC(NCCCF)C(=O)N1CCOCC1. The number of halogens is 1. The minimum atomic E-state index is -0.342. The normalized spacial score (nSPS) is 18.9. The van der Waals surface area contributed by atoms with Gasteiger partial charge in [-0.25, -0.2) is 0 Å². The van der Waals surface area contributed by atoms with Crippen molar-refractivity contribution in [3.05, 3.63) is 0 Å². The maximum atomic E-state index is 11.8. The van der Waals surface area contributed by atoms with Crippen LogP contribution in [0.15, 0.2) is 0 Å². The van der Waals surface area contributed by atoms with Crippen molar-refractivity contribution < 1.29 is 13.9 Å². The average molecular weight is 218 g/mol. The molecule has 1 fully saturated rings. The lowest BCUT2D eigenvalue weighted by atomic mass is 10.2. The molecular formula is C10H19FN2O2. The third-order valence-electron chi connectivity index (χ3n) is 2.45. The summed E-state index contributed by atoms with van der Waals surface area (Å²) in [4.78, 5) is 13.6. The Balaban J connectivity index is 2.24. The summed E-state index contributed by atoms with van der Waals surface area (Å²) in [6.45, 7) is 4.57. The molecule has 15 heavy (non-hydrogen) atoms. The van der Waals surface area contributed by atoms with Gasteiger partial charge in [0.2, 0.25) is 5.91 Å². The van der Waals surface area contributed by atoms with Crippen molar-refractivity contribution in [3.8, 4) is 0 Å². The highest BCUT2D eigenvalue weighted by Crippen LogP contribution is 2.00. The second-order valence-electron chi connectivity index (χ2n) is 3.66. The largest absolute Gasteiger partial charge is 0.378 e. The Morgan fingerprint density at radius 3 is 2.80 bits per heavy atom. The number of nitrogens with one attached hydrogen (secondary N) is 1. The number of morpholine rings is 1. The number of carbonyl (C=O) groups excluding carboxylic acids is 1. The Morgan fingerprint density at radius 2 is 2.20 bits per heavy atom. The van der Waals surface area contributed by atoms with Gasteiger partial charge in [-0.3, -0.25) is 9.18 Å². The van der Waals surface area contributed by atoms with E-state index in [2.05, 4.69) is 5.32 Å². The van der Waals surface area contributed by atoms with Crippen LogP contribution < -0.4 is 5.32 Å². The molecule has 1 rings (SSSR count). The molecule has 0 spiro atoms. The van der Waals surface area contributed by atoms with Crippen LogP contribution in [0.5, 0.6) is 0 Å². The van der Waals surface area contributed by atoms with E-state index in [0.717, 1.165) is 0 Å². The predicted octanol–water partition coefficient (Wildman–Crippen LogP) is 0.183. The first-order valence-corrected chi connectivity index (χ1v) is 5.41. The summed E-state index contributed by atoms with van der Waals surface area (Å²) in [5.41, 5.74) is 0. The lowest BCUT2D eigenvalue weighted by Gasteiger charge is -2.29. The Hall–Kier alpha value is -0.680. The molecule has 5 heteroatoms. The lowest BCUT2D eigenvalue weighted by molar-refractivity contribution is -0.137. The Labute approximate surface area is 89.8 Å². The van der Waals surface area contributed by atoms with Crippen LogP contribution in [0.25, 0.3) is 0 Å². The molecule has 0 aromatic heterocycles. The molecule has 1 unspecified atom stereocenters. The first-order valence-electron chi connectivity index (χ1n) is 5.41. The third kappa shape index (κ3) is 4.13. The summed E-state index contributed by atoms with van der Waals surface area (Å²) in [7, 11) is 0. The Kier molecular flexibility index (Phi) is 5.57. The maximum absolute atomic E-state index is 11.8. The van der Waals surface area contributed by atoms with Crippen molar-refractivity contribution in [1.29, 1.82) is 0 Å². The molecule has 0 bridgehead atoms. The molecule has 88 valence electrons. The van der Waals surface area contributed by atoms with Gasteiger partial charge in [0.25, 0.3) is 0 Å². The van der Waals surface area contributed by atoms with Gasteiger partial charge in [0.05, 0.1) is 25.9 Å². The number of carbonyl (C=O) groups is 1. The molecule has 1 heterocycles. The number of hydrogen-bond donors (Lipinski definition) is 1. The van der Waals surface area contributed by atoms with Crippen molar-refractivity contribution in [2.24, 2.45) is 0 Å². The minimum Gasteiger partial charge on any atom is -0.378 e. The van der Waals surface area contributed by atoms with Crippen LogP contribution in [-0.4, -0.2) is 56.4 Å². The van der Waals surface area contributed by atoms with E-state index in [9.17, 15) is 9.18 Å². The number of alkyl halides is 1. The zero-order chi connectivity index (χ0) is 11.1. The van der Waals surface area contributed by atoms with Crippen molar-refractivity contribution in [1.82, 2.24) is 10.2 Å². The van der Waals surface area contributed by atoms with Crippen LogP contribution in [0.4, 0.5) is 4.39 Å². The van der Waals surface area contributed by atoms with Gasteiger partial charge in [-0.2, -0.15) is 0 Å². The Bertz CT molecular complexity index is 196. The summed E-state index contributed by atoms with van der Waals surface area (Å²) in [6, 6.07) is -0.227. The van der Waals surface area contributed by atoms with Gasteiger partial charge in [0, 0.05) is 13.1 Å². The third-order valence-corrected chi connectivity index (χ3v) is 2.45. The van der Waals surface area contributed by atoms with Gasteiger partial charge in [-0.15, -0.1) is 0 Å². The monoisotopic (exact) mass is 218 g/mol. The van der Waals surface area contributed by atoms with Crippen LogP contribution in [0.3, 0.4) is 0 Å². The molecule has 0 aromatic carbocycles. The number of hydrogen-bond acceptors (Lipinski definition) is 3. The molecule has 1 aliphatic rings. The van der Waals surface area contributed by atoms with Crippen molar-refractivity contribution >= 4 is 5.91 Å². The zero-order valence-corrected chi connectivity index (χ0v) is 9.17. The summed E-state index contributed by atoms with van der Waals surface area (Å²) in [6.07, 6.45) is 0.459. The zero-order valence-electron chi connectivity index (χ0n) is 9.17. The smallest absolute Gasteiger partial charge is 0.239 e. The van der Waals surface area contributed by atoms with E-state index in [-0.39, 0.29) is 18.6 Å². The predicted molar refractivity (Wildman–Crippen MR) is 55.5 cm³/mol. The highest BCUT2D eigenvalue weighted by molar-refractivity contribution is 5.81. The summed E-state index contributed by atoms with van der Waals surface area (Å²) in [5, 5.41) is 3.01. The van der Waals surface area contributed by atoms with Gasteiger partial charge in [-0.1, -0.05) is 0 Å². The van der Waals surface area contributed by atoms with Crippen LogP contribution in [0, 0.1) is 0 Å². The minimum absolute atomic E-state index is 0.0807. The summed E-state index contributed by atoms with van der Waals surface area (Å²) >= 11 is 0. The van der Waals surface area contributed by atoms with Crippen molar-refractivity contribution in [2.75, 3.05) is 39.5 Å². The van der Waals surface area contributed by atoms with E-state index in [1.54, 1.807) is 4.90 Å². The van der Waals surface area contributed by atoms with Crippen molar-refractivity contribution in [3.63, 3.8) is 0 Å². The molecule has 0 saturated carbocycles. The molecule has 0 radical (unpaired) electrons. The van der Waals surface area contributed by atoms with Gasteiger partial charge in [-0.05, 0) is 19.9 Å². The fourth-order valence-electron chi connectivity index (χ4n) is 1.53. The summed E-state index contributed by atoms with van der Waals surface area (Å²) in [5.74, 6) is 0.0807. The van der Waals surface area contributed by atoms with Gasteiger partial charge in [0.1, 0.15) is 0 Å². The first kappa shape index (κ1) is 12.4. The first-order chi connectivity index (χ1) is 7.25. The highest BCUT2D eigenvalue weighted by atomic mass is 19.1. The quantitative estimate of drug-likeness (QED) is 0.669. The number of ether oxygens (including phenoxy) is 1. The molecule has 0 aliphatic carbocycles. The fourth-order valence-corrected chi connectivity index (χ4v) is 1.53. The van der Waals surface area contributed by atoms with E-state index < -0.39 is 0 Å². The lowest BCUT2D eigenvalue weighted by Crippen LogP contribution is -2.49. The Morgan fingerprint density at radius 1 is 1.53 bits per heavy atom. The summed E-state index contributed by atoms with van der Waals surface area (Å²) < 4.78 is 17.0. The van der Waals surface area contributed by atoms with Gasteiger partial charge in [0.15, 0.2) is 0 Å². The van der Waals surface area contributed by atoms with E-state index in [1.807, 2.05) is 6.92 Å². The second kappa shape index (κ2) is 6.74. The van der Waals surface area contributed by atoms with Crippen LogP contribution >= 0.6 is 0 Å². The molecule has 1 N–H and O–H groups in total. The molecule has 1 amide bonds. The highest BCUT2D eigenvalue weighted by Gasteiger charge is 2.21. The van der Waals surface area contributed by atoms with Crippen LogP contribution in [0.1, 0.15) is 13.3 Å². The molecule has 4 nitrogen and oxygen atoms in total. The standard InChI is InChI=1S/C10H19FN2O2/c1-9(12-4-2-3-11)10(14)13-5-7-15-8-6-13/h9,12H,2-8H2,1H3. The van der Waals surface area contributed by atoms with Crippen molar-refractivity contribution in [2.45, 2.75) is 19.4 Å². The molecule has 1 saturated heterocycles. The van der Waals surface area contributed by atoms with Gasteiger partial charge >= 0.3 is 0 Å². The molecule has 1 atom stereocenters. The van der Waals surface area contributed by atoms with Crippen LogP contribution in [0.2, 0.25) is 0 Å². The van der Waals surface area contributed by atoms with E-state index >= 15 is 0 Å². The van der Waals surface area contributed by atoms with Crippen LogP contribution in [-0.2, 0) is 9.53 Å².